The van der Waals surface area contributed by atoms with Crippen LogP contribution in [0.3, 0.4) is 0 Å². The number of thioether (sulfide) groups is 1. The van der Waals surface area contributed by atoms with Crippen molar-refractivity contribution in [1.29, 1.82) is 0 Å². The van der Waals surface area contributed by atoms with Crippen LogP contribution >= 0.6 is 11.8 Å². The van der Waals surface area contributed by atoms with Crippen molar-refractivity contribution in [2.24, 2.45) is 0 Å². The second kappa shape index (κ2) is 7.09. The highest BCUT2D eigenvalue weighted by molar-refractivity contribution is 7.98. The number of aromatic nitrogens is 2. The third-order valence-electron chi connectivity index (χ3n) is 3.24. The second-order valence-electron chi connectivity index (χ2n) is 4.74. The molecule has 0 aliphatic heterocycles. The fourth-order valence-electron chi connectivity index (χ4n) is 2.03. The summed E-state index contributed by atoms with van der Waals surface area (Å²) in [6, 6.07) is 18.2. The molecule has 0 spiro atoms. The third kappa shape index (κ3) is 3.65. The zero-order chi connectivity index (χ0) is 15.2. The summed E-state index contributed by atoms with van der Waals surface area (Å²) >= 11 is 1.68. The normalized spacial score (nSPS) is 10.4. The van der Waals surface area contributed by atoms with E-state index in [0.29, 0.717) is 0 Å². The highest BCUT2D eigenvalue weighted by Crippen LogP contribution is 2.23. The number of nitrogens with zero attached hydrogens (tertiary/aromatic N) is 2. The molecule has 0 aliphatic rings. The first-order valence-corrected chi connectivity index (χ1v) is 7.97. The molecule has 0 bridgehead atoms. The van der Waals surface area contributed by atoms with Crippen molar-refractivity contribution in [3.63, 3.8) is 0 Å². The smallest absolute Gasteiger partial charge is 0.118 e. The van der Waals surface area contributed by atoms with E-state index in [9.17, 15) is 0 Å². The Balaban J connectivity index is 1.63. The second-order valence-corrected chi connectivity index (χ2v) is 5.74. The molecular formula is C18H16N2OS. The fraction of sp³-hybridized carbons (Fsp3) is 0.111. The number of hydrogen-bond donors (Lipinski definition) is 0. The summed E-state index contributed by atoms with van der Waals surface area (Å²) in [5, 5.41) is 0.926. The molecule has 0 fully saturated rings. The summed E-state index contributed by atoms with van der Waals surface area (Å²) in [6.45, 7) is 0. The van der Waals surface area contributed by atoms with Gasteiger partial charge in [0, 0.05) is 11.3 Å². The summed E-state index contributed by atoms with van der Waals surface area (Å²) in [7, 11) is 1.67. The van der Waals surface area contributed by atoms with Gasteiger partial charge < -0.3 is 4.74 Å². The number of rotatable bonds is 5. The SMILES string of the molecule is COc1ccc(CSc2cnc(-c3ccccc3)cn2)cc1. The average Bonchev–Trinajstić information content (AvgIpc) is 2.61. The molecule has 22 heavy (non-hydrogen) atoms. The molecule has 0 saturated heterocycles. The molecule has 110 valence electrons. The highest BCUT2D eigenvalue weighted by atomic mass is 32.2. The lowest BCUT2D eigenvalue weighted by atomic mass is 10.2. The number of hydrogen-bond acceptors (Lipinski definition) is 4. The van der Waals surface area contributed by atoms with Gasteiger partial charge in [0.05, 0.1) is 25.2 Å². The van der Waals surface area contributed by atoms with E-state index >= 15 is 0 Å². The van der Waals surface area contributed by atoms with Gasteiger partial charge in [0.2, 0.25) is 0 Å². The Morgan fingerprint density at radius 3 is 2.32 bits per heavy atom. The van der Waals surface area contributed by atoms with Crippen LogP contribution in [0.5, 0.6) is 5.75 Å². The van der Waals surface area contributed by atoms with Gasteiger partial charge in [-0.3, -0.25) is 4.98 Å². The Labute approximate surface area is 134 Å². The minimum absolute atomic E-state index is 0.864. The van der Waals surface area contributed by atoms with Crippen molar-refractivity contribution in [3.05, 3.63) is 72.6 Å². The lowest BCUT2D eigenvalue weighted by molar-refractivity contribution is 0.414. The van der Waals surface area contributed by atoms with Gasteiger partial charge in [0.25, 0.3) is 0 Å². The van der Waals surface area contributed by atoms with Crippen molar-refractivity contribution < 1.29 is 4.74 Å². The van der Waals surface area contributed by atoms with Gasteiger partial charge in [0.1, 0.15) is 10.8 Å². The van der Waals surface area contributed by atoms with E-state index in [2.05, 4.69) is 22.1 Å². The largest absolute Gasteiger partial charge is 0.497 e. The third-order valence-corrected chi connectivity index (χ3v) is 4.23. The Morgan fingerprint density at radius 2 is 1.68 bits per heavy atom. The predicted octanol–water partition coefficient (Wildman–Crippen LogP) is 4.44. The van der Waals surface area contributed by atoms with E-state index in [1.807, 2.05) is 54.9 Å². The topological polar surface area (TPSA) is 35.0 Å². The van der Waals surface area contributed by atoms with Crippen LogP contribution in [0.1, 0.15) is 5.56 Å². The molecule has 1 aromatic heterocycles. The summed E-state index contributed by atoms with van der Waals surface area (Å²) < 4.78 is 5.16. The highest BCUT2D eigenvalue weighted by Gasteiger charge is 2.02. The molecule has 2 aromatic carbocycles. The van der Waals surface area contributed by atoms with Gasteiger partial charge in [-0.1, -0.05) is 42.5 Å². The van der Waals surface area contributed by atoms with E-state index in [-0.39, 0.29) is 0 Å². The lowest BCUT2D eigenvalue weighted by Crippen LogP contribution is -1.89. The predicted molar refractivity (Wildman–Crippen MR) is 90.0 cm³/mol. The average molecular weight is 308 g/mol. The van der Waals surface area contributed by atoms with Crippen LogP contribution < -0.4 is 4.74 Å². The maximum atomic E-state index is 5.16. The molecule has 3 rings (SSSR count). The zero-order valence-corrected chi connectivity index (χ0v) is 13.1. The molecule has 4 heteroatoms. The van der Waals surface area contributed by atoms with Crippen LogP contribution in [0.25, 0.3) is 11.3 Å². The Kier molecular flexibility index (Phi) is 4.71. The molecule has 0 unspecified atom stereocenters. The minimum atomic E-state index is 0.864. The molecule has 3 nitrogen and oxygen atoms in total. The van der Waals surface area contributed by atoms with Crippen molar-refractivity contribution >= 4 is 11.8 Å². The maximum Gasteiger partial charge on any atom is 0.118 e. The first kappa shape index (κ1) is 14.6. The molecule has 0 aliphatic carbocycles. The van der Waals surface area contributed by atoms with Gasteiger partial charge in [-0.2, -0.15) is 0 Å². The molecule has 0 amide bonds. The van der Waals surface area contributed by atoms with Crippen LogP contribution in [-0.4, -0.2) is 17.1 Å². The van der Waals surface area contributed by atoms with Gasteiger partial charge in [0.15, 0.2) is 0 Å². The van der Waals surface area contributed by atoms with Gasteiger partial charge in [-0.15, -0.1) is 11.8 Å². The summed E-state index contributed by atoms with van der Waals surface area (Å²) in [5.74, 6) is 1.74. The summed E-state index contributed by atoms with van der Waals surface area (Å²) in [5.41, 5.74) is 3.22. The lowest BCUT2D eigenvalue weighted by Gasteiger charge is -2.04. The summed E-state index contributed by atoms with van der Waals surface area (Å²) in [6.07, 6.45) is 3.65. The van der Waals surface area contributed by atoms with Crippen molar-refractivity contribution in [2.75, 3.05) is 7.11 Å². The van der Waals surface area contributed by atoms with Crippen LogP contribution in [0.2, 0.25) is 0 Å². The van der Waals surface area contributed by atoms with E-state index in [1.54, 1.807) is 18.9 Å². The molecule has 0 atom stereocenters. The van der Waals surface area contributed by atoms with E-state index in [0.717, 1.165) is 27.8 Å². The number of benzene rings is 2. The monoisotopic (exact) mass is 308 g/mol. The standard InChI is InChI=1S/C18H16N2OS/c1-21-16-9-7-14(8-10-16)13-22-18-12-19-17(11-20-18)15-5-3-2-4-6-15/h2-12H,13H2,1H3. The zero-order valence-electron chi connectivity index (χ0n) is 12.3. The molecule has 0 saturated carbocycles. The number of ether oxygens (including phenoxy) is 1. The van der Waals surface area contributed by atoms with E-state index in [1.165, 1.54) is 5.56 Å². The van der Waals surface area contributed by atoms with Crippen LogP contribution in [0.4, 0.5) is 0 Å². The van der Waals surface area contributed by atoms with Crippen molar-refractivity contribution in [1.82, 2.24) is 9.97 Å². The van der Waals surface area contributed by atoms with Crippen LogP contribution in [0.15, 0.2) is 72.0 Å². The summed E-state index contributed by atoms with van der Waals surface area (Å²) in [4.78, 5) is 8.96. The van der Waals surface area contributed by atoms with Gasteiger partial charge >= 0.3 is 0 Å². The molecule has 0 radical (unpaired) electrons. The van der Waals surface area contributed by atoms with Crippen LogP contribution in [-0.2, 0) is 5.75 Å². The molecular weight excluding hydrogens is 292 g/mol. The van der Waals surface area contributed by atoms with E-state index < -0.39 is 0 Å². The van der Waals surface area contributed by atoms with Gasteiger partial charge in [-0.25, -0.2) is 4.98 Å². The Morgan fingerprint density at radius 1 is 0.909 bits per heavy atom. The first-order valence-electron chi connectivity index (χ1n) is 6.98. The van der Waals surface area contributed by atoms with E-state index in [4.69, 9.17) is 4.74 Å². The molecule has 1 heterocycles. The van der Waals surface area contributed by atoms with Crippen molar-refractivity contribution in [3.8, 4) is 17.0 Å². The quantitative estimate of drug-likeness (QED) is 0.653. The molecule has 0 N–H and O–H groups in total. The Bertz CT molecular complexity index is 712. The number of methoxy groups -OCH3 is 1. The molecule has 3 aromatic rings. The first-order chi connectivity index (χ1) is 10.8. The maximum absolute atomic E-state index is 5.16. The van der Waals surface area contributed by atoms with Crippen LogP contribution in [0, 0.1) is 0 Å². The Hall–Kier alpha value is -2.33. The minimum Gasteiger partial charge on any atom is -0.497 e. The fourth-order valence-corrected chi connectivity index (χ4v) is 2.79. The van der Waals surface area contributed by atoms with Gasteiger partial charge in [-0.05, 0) is 17.7 Å². The van der Waals surface area contributed by atoms with Crippen molar-refractivity contribution in [2.45, 2.75) is 10.8 Å².